The predicted molar refractivity (Wildman–Crippen MR) is 85.7 cm³/mol. The van der Waals surface area contributed by atoms with Crippen LogP contribution in [0.2, 0.25) is 5.02 Å². The average Bonchev–Trinajstić information content (AvgIpc) is 3.15. The Morgan fingerprint density at radius 3 is 2.26 bits per heavy atom. The van der Waals surface area contributed by atoms with Gasteiger partial charge in [-0.25, -0.2) is 0 Å². The summed E-state index contributed by atoms with van der Waals surface area (Å²) in [7, 11) is 0. The van der Waals surface area contributed by atoms with E-state index in [0.29, 0.717) is 10.6 Å². The Bertz CT molecular complexity index is 762. The van der Waals surface area contributed by atoms with Gasteiger partial charge in [0.15, 0.2) is 0 Å². The molecular formula is C18H15ClN2O2. The summed E-state index contributed by atoms with van der Waals surface area (Å²) in [6, 6.07) is 7.24. The first-order chi connectivity index (χ1) is 11.1. The first-order valence-corrected chi connectivity index (χ1v) is 8.36. The maximum Gasteiger partial charge on any atom is 0.254 e. The number of imide groups is 1. The van der Waals surface area contributed by atoms with Crippen molar-refractivity contribution in [3.05, 3.63) is 47.0 Å². The topological polar surface area (TPSA) is 49.7 Å². The van der Waals surface area contributed by atoms with Crippen molar-refractivity contribution in [3.63, 3.8) is 0 Å². The van der Waals surface area contributed by atoms with Crippen LogP contribution in [0.15, 0.2) is 41.5 Å². The number of halogens is 1. The van der Waals surface area contributed by atoms with E-state index in [2.05, 4.69) is 17.3 Å². The Hall–Kier alpha value is -1.94. The Kier molecular flexibility index (Phi) is 2.54. The normalized spacial score (nSPS) is 35.8. The summed E-state index contributed by atoms with van der Waals surface area (Å²) in [5.41, 5.74) is 0.922. The molecule has 2 amide bonds. The molecule has 116 valence electrons. The summed E-state index contributed by atoms with van der Waals surface area (Å²) in [5.74, 6) is -0.242. The van der Waals surface area contributed by atoms with E-state index in [9.17, 15) is 9.59 Å². The molecule has 4 nitrogen and oxygen atoms in total. The second-order valence-electron chi connectivity index (χ2n) is 6.98. The molecule has 0 radical (unpaired) electrons. The minimum absolute atomic E-state index is 0.147. The molecule has 3 aliphatic carbocycles. The highest BCUT2D eigenvalue weighted by Gasteiger charge is 2.73. The van der Waals surface area contributed by atoms with Gasteiger partial charge in [-0.05, 0) is 36.2 Å². The molecule has 1 heterocycles. The van der Waals surface area contributed by atoms with Gasteiger partial charge in [0.2, 0.25) is 0 Å². The van der Waals surface area contributed by atoms with E-state index < -0.39 is 0 Å². The number of benzene rings is 1. The summed E-state index contributed by atoms with van der Waals surface area (Å²) < 4.78 is 0. The van der Waals surface area contributed by atoms with Gasteiger partial charge < -0.3 is 0 Å². The van der Waals surface area contributed by atoms with Gasteiger partial charge in [0.05, 0.1) is 18.1 Å². The highest BCUT2D eigenvalue weighted by Crippen LogP contribution is 2.73. The molecule has 2 saturated carbocycles. The van der Waals surface area contributed by atoms with Crippen molar-refractivity contribution in [3.8, 4) is 0 Å². The van der Waals surface area contributed by atoms with E-state index in [1.54, 1.807) is 6.07 Å². The average molecular weight is 327 g/mol. The number of fused-ring (bicyclic) bond motifs is 3. The van der Waals surface area contributed by atoms with E-state index in [1.807, 2.05) is 18.2 Å². The van der Waals surface area contributed by atoms with Gasteiger partial charge in [-0.3, -0.25) is 9.59 Å². The monoisotopic (exact) mass is 326 g/mol. The van der Waals surface area contributed by atoms with Gasteiger partial charge in [-0.1, -0.05) is 42.0 Å². The van der Waals surface area contributed by atoms with Gasteiger partial charge in [0, 0.05) is 10.6 Å². The fourth-order valence-corrected chi connectivity index (χ4v) is 5.06. The highest BCUT2D eigenvalue weighted by molar-refractivity contribution is 6.33. The van der Waals surface area contributed by atoms with Gasteiger partial charge in [-0.15, -0.1) is 0 Å². The number of nitrogens with zero attached hydrogens (tertiary/aromatic N) is 2. The standard InChI is InChI=1S/C18H15ClN2O2/c19-13-4-2-1-3-10(13)9-20-21-16(22)14-11-5-6-12(15(14)17(21)23)18(11)7-8-18/h1-6,9,11-12,14-15H,7-8H2/b20-9-/t11-,12-,14-,15+/m1/s1. The second-order valence-corrected chi connectivity index (χ2v) is 7.38. The second kappa shape index (κ2) is 4.32. The van der Waals surface area contributed by atoms with E-state index in [1.165, 1.54) is 6.21 Å². The number of allylic oxidation sites excluding steroid dienone is 2. The number of hydrazone groups is 1. The molecule has 5 heteroatoms. The number of carbonyl (C=O) groups excluding carboxylic acids is 2. The molecule has 1 aromatic rings. The third-order valence-corrected chi connectivity index (χ3v) is 6.39. The first-order valence-electron chi connectivity index (χ1n) is 7.98. The summed E-state index contributed by atoms with van der Waals surface area (Å²) in [4.78, 5) is 25.5. The minimum atomic E-state index is -0.205. The Morgan fingerprint density at radius 2 is 1.70 bits per heavy atom. The van der Waals surface area contributed by atoms with Crippen LogP contribution < -0.4 is 0 Å². The fourth-order valence-electron chi connectivity index (χ4n) is 4.88. The quantitative estimate of drug-likeness (QED) is 0.476. The summed E-state index contributed by atoms with van der Waals surface area (Å²) >= 11 is 6.09. The maximum atomic E-state index is 12.7. The summed E-state index contributed by atoms with van der Waals surface area (Å²) in [6.07, 6.45) is 8.11. The number of rotatable bonds is 2. The van der Waals surface area contributed by atoms with Crippen molar-refractivity contribution in [2.24, 2.45) is 34.2 Å². The van der Waals surface area contributed by atoms with E-state index >= 15 is 0 Å². The molecule has 2 bridgehead atoms. The smallest absolute Gasteiger partial charge is 0.254 e. The molecule has 4 aliphatic rings. The predicted octanol–water partition coefficient (Wildman–Crippen LogP) is 2.87. The van der Waals surface area contributed by atoms with Crippen LogP contribution in [0.1, 0.15) is 18.4 Å². The number of hydrogen-bond acceptors (Lipinski definition) is 3. The molecule has 0 N–H and O–H groups in total. The van der Waals surface area contributed by atoms with Crippen LogP contribution in [0.3, 0.4) is 0 Å². The van der Waals surface area contributed by atoms with Crippen LogP contribution in [0.4, 0.5) is 0 Å². The zero-order valence-electron chi connectivity index (χ0n) is 12.4. The molecule has 4 atom stereocenters. The van der Waals surface area contributed by atoms with Crippen LogP contribution in [0.25, 0.3) is 0 Å². The SMILES string of the molecule is O=C1[C@@H]2[C@H](C(=O)N1/N=C\c1ccccc1Cl)[C@H]1C=C[C@H]2C12CC2. The Morgan fingerprint density at radius 1 is 1.09 bits per heavy atom. The van der Waals surface area contributed by atoms with Gasteiger partial charge in [0.1, 0.15) is 0 Å². The highest BCUT2D eigenvalue weighted by atomic mass is 35.5. The third-order valence-electron chi connectivity index (χ3n) is 6.05. The molecule has 1 aliphatic heterocycles. The third kappa shape index (κ3) is 1.59. The molecule has 1 saturated heterocycles. The van der Waals surface area contributed by atoms with Crippen LogP contribution in [0.5, 0.6) is 0 Å². The van der Waals surface area contributed by atoms with E-state index in [-0.39, 0.29) is 40.9 Å². The lowest BCUT2D eigenvalue weighted by atomic mass is 9.85. The molecule has 1 spiro atoms. The Labute approximate surface area is 138 Å². The van der Waals surface area contributed by atoms with Gasteiger partial charge in [-0.2, -0.15) is 10.1 Å². The van der Waals surface area contributed by atoms with Crippen molar-refractivity contribution in [2.75, 3.05) is 0 Å². The minimum Gasteiger partial charge on any atom is -0.272 e. The van der Waals surface area contributed by atoms with Crippen molar-refractivity contribution < 1.29 is 9.59 Å². The van der Waals surface area contributed by atoms with Crippen LogP contribution in [0, 0.1) is 29.1 Å². The van der Waals surface area contributed by atoms with Crippen molar-refractivity contribution in [1.82, 2.24) is 5.01 Å². The van der Waals surface area contributed by atoms with Crippen molar-refractivity contribution in [2.45, 2.75) is 12.8 Å². The molecular weight excluding hydrogens is 312 g/mol. The number of amides is 2. The molecule has 1 aromatic carbocycles. The lowest BCUT2D eigenvalue weighted by molar-refractivity contribution is -0.141. The number of hydrogen-bond donors (Lipinski definition) is 0. The fraction of sp³-hybridized carbons (Fsp3) is 0.389. The zero-order valence-corrected chi connectivity index (χ0v) is 13.1. The first kappa shape index (κ1) is 13.5. The molecule has 3 fully saturated rings. The van der Waals surface area contributed by atoms with Gasteiger partial charge >= 0.3 is 0 Å². The Balaban J connectivity index is 1.46. The molecule has 0 unspecified atom stereocenters. The number of carbonyl (C=O) groups is 2. The van der Waals surface area contributed by atoms with E-state index in [0.717, 1.165) is 17.9 Å². The summed E-state index contributed by atoms with van der Waals surface area (Å²) in [5, 5.41) is 5.78. The molecule has 5 rings (SSSR count). The van der Waals surface area contributed by atoms with Crippen molar-refractivity contribution in [1.29, 1.82) is 0 Å². The zero-order chi connectivity index (χ0) is 15.8. The van der Waals surface area contributed by atoms with Crippen LogP contribution in [-0.2, 0) is 9.59 Å². The molecule has 23 heavy (non-hydrogen) atoms. The summed E-state index contributed by atoms with van der Waals surface area (Å²) in [6.45, 7) is 0. The lowest BCUT2D eigenvalue weighted by Crippen LogP contribution is -2.30. The van der Waals surface area contributed by atoms with Gasteiger partial charge in [0.25, 0.3) is 11.8 Å². The maximum absolute atomic E-state index is 12.7. The van der Waals surface area contributed by atoms with Crippen molar-refractivity contribution >= 4 is 29.6 Å². The van der Waals surface area contributed by atoms with E-state index in [4.69, 9.17) is 11.6 Å². The molecule has 0 aromatic heterocycles. The largest absolute Gasteiger partial charge is 0.272 e. The van der Waals surface area contributed by atoms with Crippen LogP contribution >= 0.6 is 11.6 Å². The lowest BCUT2D eigenvalue weighted by Gasteiger charge is -2.18. The van der Waals surface area contributed by atoms with Crippen LogP contribution in [-0.4, -0.2) is 23.0 Å².